The van der Waals surface area contributed by atoms with Crippen molar-refractivity contribution in [3.8, 4) is 0 Å². The highest BCUT2D eigenvalue weighted by Gasteiger charge is 2.30. The van der Waals surface area contributed by atoms with E-state index < -0.39 is 10.0 Å². The van der Waals surface area contributed by atoms with Crippen LogP contribution in [-0.2, 0) is 10.0 Å². The summed E-state index contributed by atoms with van der Waals surface area (Å²) in [5, 5.41) is 1.89. The number of rotatable bonds is 5. The number of ketones is 1. The first-order chi connectivity index (χ1) is 11.0. The van der Waals surface area contributed by atoms with Gasteiger partial charge in [-0.25, -0.2) is 8.42 Å². The van der Waals surface area contributed by atoms with Gasteiger partial charge < -0.3 is 0 Å². The van der Waals surface area contributed by atoms with Gasteiger partial charge in [-0.3, -0.25) is 9.69 Å². The predicted octanol–water partition coefficient (Wildman–Crippen LogP) is 2.31. The molecule has 8 heteroatoms. The molecule has 23 heavy (non-hydrogen) atoms. The quantitative estimate of drug-likeness (QED) is 0.758. The smallest absolute Gasteiger partial charge is 0.252 e. The van der Waals surface area contributed by atoms with Crippen LogP contribution in [0.4, 0.5) is 0 Å². The molecule has 0 saturated carbocycles. The second-order valence-electron chi connectivity index (χ2n) is 5.45. The number of nitrogens with zero attached hydrogens (tertiary/aromatic N) is 2. The van der Waals surface area contributed by atoms with Gasteiger partial charge in [0.05, 0.1) is 11.4 Å². The average Bonchev–Trinajstić information content (AvgIpc) is 3.19. The van der Waals surface area contributed by atoms with Crippen molar-refractivity contribution >= 4 is 38.5 Å². The number of carbonyl (C=O) groups excluding carboxylic acids is 1. The molecule has 1 aliphatic rings. The van der Waals surface area contributed by atoms with Gasteiger partial charge in [-0.05, 0) is 30.5 Å². The summed E-state index contributed by atoms with van der Waals surface area (Å²) in [6.07, 6.45) is 0. The lowest BCUT2D eigenvalue weighted by molar-refractivity contribution is 0.0906. The summed E-state index contributed by atoms with van der Waals surface area (Å²) in [6, 6.07) is 7.19. The zero-order chi connectivity index (χ0) is 16.4. The van der Waals surface area contributed by atoms with Crippen LogP contribution < -0.4 is 0 Å². The van der Waals surface area contributed by atoms with Crippen LogP contribution in [0.3, 0.4) is 0 Å². The fraction of sp³-hybridized carbons (Fsp3) is 0.400. The second-order valence-corrected chi connectivity index (χ2v) is 9.85. The van der Waals surface area contributed by atoms with Gasteiger partial charge >= 0.3 is 0 Å². The third-order valence-electron chi connectivity index (χ3n) is 3.80. The maximum absolute atomic E-state index is 12.6. The first kappa shape index (κ1) is 16.8. The van der Waals surface area contributed by atoms with Gasteiger partial charge in [0.25, 0.3) is 10.0 Å². The van der Waals surface area contributed by atoms with E-state index in [-0.39, 0.29) is 5.78 Å². The van der Waals surface area contributed by atoms with Crippen molar-refractivity contribution in [1.29, 1.82) is 0 Å². The lowest BCUT2D eigenvalue weighted by atomic mass is 10.2. The van der Waals surface area contributed by atoms with Gasteiger partial charge in [-0.2, -0.15) is 4.31 Å². The number of hydrogen-bond donors (Lipinski definition) is 0. The van der Waals surface area contributed by atoms with Crippen LogP contribution in [0.2, 0.25) is 0 Å². The summed E-state index contributed by atoms with van der Waals surface area (Å²) in [7, 11) is -3.39. The van der Waals surface area contributed by atoms with Crippen LogP contribution in [0.1, 0.15) is 14.5 Å². The van der Waals surface area contributed by atoms with Gasteiger partial charge in [0, 0.05) is 31.1 Å². The fourth-order valence-corrected chi connectivity index (χ4v) is 6.04. The van der Waals surface area contributed by atoms with E-state index in [1.165, 1.54) is 27.0 Å². The van der Waals surface area contributed by atoms with Crippen molar-refractivity contribution in [3.05, 3.63) is 39.4 Å². The summed E-state index contributed by atoms with van der Waals surface area (Å²) in [6.45, 7) is 4.28. The molecule has 5 nitrogen and oxygen atoms in total. The Labute approximate surface area is 144 Å². The number of carbonyl (C=O) groups is 1. The van der Waals surface area contributed by atoms with Crippen LogP contribution in [0.15, 0.2) is 33.9 Å². The summed E-state index contributed by atoms with van der Waals surface area (Å²) in [5.41, 5.74) is 0. The van der Waals surface area contributed by atoms with Crippen molar-refractivity contribution in [2.75, 3.05) is 32.7 Å². The maximum atomic E-state index is 12.6. The zero-order valence-corrected chi connectivity index (χ0v) is 15.2. The topological polar surface area (TPSA) is 57.7 Å². The summed E-state index contributed by atoms with van der Waals surface area (Å²) < 4.78 is 27.1. The number of aryl methyl sites for hydroxylation is 1. The molecule has 2 aromatic heterocycles. The monoisotopic (exact) mass is 370 g/mol. The van der Waals surface area contributed by atoms with Crippen molar-refractivity contribution < 1.29 is 13.2 Å². The molecule has 0 aliphatic carbocycles. The first-order valence-corrected chi connectivity index (χ1v) is 10.5. The molecule has 0 N–H and O–H groups in total. The van der Waals surface area contributed by atoms with Gasteiger partial charge in [0.2, 0.25) is 0 Å². The van der Waals surface area contributed by atoms with Crippen molar-refractivity contribution in [2.24, 2.45) is 0 Å². The van der Waals surface area contributed by atoms with Gasteiger partial charge in [-0.1, -0.05) is 6.07 Å². The van der Waals surface area contributed by atoms with E-state index in [2.05, 4.69) is 0 Å². The third-order valence-corrected chi connectivity index (χ3v) is 8.08. The van der Waals surface area contributed by atoms with Crippen LogP contribution in [0.25, 0.3) is 0 Å². The molecule has 3 heterocycles. The molecule has 0 unspecified atom stereocenters. The van der Waals surface area contributed by atoms with E-state index in [0.29, 0.717) is 36.9 Å². The van der Waals surface area contributed by atoms with Gasteiger partial charge in [0.15, 0.2) is 5.78 Å². The molecule has 124 valence electrons. The predicted molar refractivity (Wildman–Crippen MR) is 92.9 cm³/mol. The molecule has 0 radical (unpaired) electrons. The highest BCUT2D eigenvalue weighted by Crippen LogP contribution is 2.25. The molecule has 3 rings (SSSR count). The van der Waals surface area contributed by atoms with Crippen LogP contribution in [0.5, 0.6) is 0 Å². The van der Waals surface area contributed by atoms with E-state index in [1.54, 1.807) is 6.07 Å². The maximum Gasteiger partial charge on any atom is 0.252 e. The molecular formula is C15H18N2O3S3. The largest absolute Gasteiger partial charge is 0.293 e. The van der Waals surface area contributed by atoms with Crippen molar-refractivity contribution in [3.63, 3.8) is 0 Å². The Morgan fingerprint density at radius 3 is 2.48 bits per heavy atom. The molecular weight excluding hydrogens is 352 g/mol. The Kier molecular flexibility index (Phi) is 4.98. The van der Waals surface area contributed by atoms with E-state index in [9.17, 15) is 13.2 Å². The number of Topliss-reactive ketones (excluding diaryl/α,β-unsaturated/α-hetero) is 1. The molecule has 2 aromatic rings. The molecule has 1 aliphatic heterocycles. The Morgan fingerprint density at radius 2 is 1.91 bits per heavy atom. The van der Waals surface area contributed by atoms with E-state index >= 15 is 0 Å². The second kappa shape index (κ2) is 6.82. The Hall–Kier alpha value is -1.06. The standard InChI is InChI=1S/C15H18N2O3S3/c1-12-4-5-15(22-12)23(19,20)17-8-6-16(7-9-17)11-13(18)14-3-2-10-21-14/h2-5,10H,6-9,11H2,1H3. The van der Waals surface area contributed by atoms with Crippen molar-refractivity contribution in [2.45, 2.75) is 11.1 Å². The summed E-state index contributed by atoms with van der Waals surface area (Å²) in [5.74, 6) is 0.102. The highest BCUT2D eigenvalue weighted by molar-refractivity contribution is 7.91. The third kappa shape index (κ3) is 3.72. The molecule has 1 saturated heterocycles. The highest BCUT2D eigenvalue weighted by atomic mass is 32.2. The van der Waals surface area contributed by atoms with Crippen molar-refractivity contribution in [1.82, 2.24) is 9.21 Å². The van der Waals surface area contributed by atoms with Gasteiger partial charge in [0.1, 0.15) is 4.21 Å². The summed E-state index contributed by atoms with van der Waals surface area (Å²) >= 11 is 2.74. The van der Waals surface area contributed by atoms with E-state index in [1.807, 2.05) is 35.4 Å². The summed E-state index contributed by atoms with van der Waals surface area (Å²) in [4.78, 5) is 15.9. The molecule has 1 fully saturated rings. The van der Waals surface area contributed by atoms with Crippen LogP contribution >= 0.6 is 22.7 Å². The number of thiophene rings is 2. The number of sulfonamides is 1. The molecule has 0 spiro atoms. The van der Waals surface area contributed by atoms with E-state index in [4.69, 9.17) is 0 Å². The molecule has 0 bridgehead atoms. The molecule has 0 atom stereocenters. The number of piperazine rings is 1. The molecule has 0 aromatic carbocycles. The minimum atomic E-state index is -3.39. The lowest BCUT2D eigenvalue weighted by Crippen LogP contribution is -2.49. The van der Waals surface area contributed by atoms with Crippen LogP contribution in [-0.4, -0.2) is 56.1 Å². The molecule has 0 amide bonds. The SMILES string of the molecule is Cc1ccc(S(=O)(=O)N2CCN(CC(=O)c3cccs3)CC2)s1. The Balaban J connectivity index is 1.59. The van der Waals surface area contributed by atoms with Gasteiger partial charge in [-0.15, -0.1) is 22.7 Å². The first-order valence-electron chi connectivity index (χ1n) is 7.32. The number of hydrogen-bond acceptors (Lipinski definition) is 6. The minimum Gasteiger partial charge on any atom is -0.293 e. The Morgan fingerprint density at radius 1 is 1.17 bits per heavy atom. The normalized spacial score (nSPS) is 17.4. The average molecular weight is 371 g/mol. The minimum absolute atomic E-state index is 0.102. The lowest BCUT2D eigenvalue weighted by Gasteiger charge is -2.33. The zero-order valence-electron chi connectivity index (χ0n) is 12.8. The van der Waals surface area contributed by atoms with Crippen LogP contribution in [0, 0.1) is 6.92 Å². The fourth-order valence-electron chi connectivity index (χ4n) is 2.52. The van der Waals surface area contributed by atoms with E-state index in [0.717, 1.165) is 9.75 Å². The Bertz CT molecular complexity index is 773.